The van der Waals surface area contributed by atoms with Gasteiger partial charge in [-0.2, -0.15) is 0 Å². The lowest BCUT2D eigenvalue weighted by molar-refractivity contribution is 0.0526. The molecule has 3 aromatic carbocycles. The first-order valence-corrected chi connectivity index (χ1v) is 10.7. The van der Waals surface area contributed by atoms with E-state index in [4.69, 9.17) is 39.5 Å². The zero-order valence-corrected chi connectivity index (χ0v) is 19.3. The zero-order chi connectivity index (χ0) is 22.5. The Balaban J connectivity index is 2.03. The third-order valence-electron chi connectivity index (χ3n) is 4.67. The molecule has 31 heavy (non-hydrogen) atoms. The van der Waals surface area contributed by atoms with Crippen molar-refractivity contribution in [2.75, 3.05) is 11.5 Å². The van der Waals surface area contributed by atoms with E-state index in [1.54, 1.807) is 61.5 Å². The molecule has 0 aliphatic carbocycles. The summed E-state index contributed by atoms with van der Waals surface area (Å²) in [7, 11) is 0. The maximum atomic E-state index is 13.5. The van der Waals surface area contributed by atoms with Crippen LogP contribution in [0.3, 0.4) is 0 Å². The number of aryl methyl sites for hydroxylation is 1. The van der Waals surface area contributed by atoms with Crippen LogP contribution in [-0.2, 0) is 11.3 Å². The molecule has 0 fully saturated rings. The van der Waals surface area contributed by atoms with Gasteiger partial charge in [-0.05, 0) is 67.9 Å². The van der Waals surface area contributed by atoms with E-state index in [-0.39, 0.29) is 19.1 Å². The summed E-state index contributed by atoms with van der Waals surface area (Å²) in [5.41, 5.74) is 2.86. The number of hydrogen-bond acceptors (Lipinski definition) is 3. The molecule has 160 valence electrons. The lowest BCUT2D eigenvalue weighted by Crippen LogP contribution is -2.31. The van der Waals surface area contributed by atoms with Crippen LogP contribution >= 0.6 is 34.8 Å². The lowest BCUT2D eigenvalue weighted by Gasteiger charge is -2.25. The van der Waals surface area contributed by atoms with Crippen molar-refractivity contribution in [3.05, 3.63) is 98.0 Å². The van der Waals surface area contributed by atoms with Crippen LogP contribution in [0.5, 0.6) is 0 Å². The number of esters is 1. The Morgan fingerprint density at radius 1 is 0.903 bits per heavy atom. The van der Waals surface area contributed by atoms with Crippen molar-refractivity contribution in [2.45, 2.75) is 20.4 Å². The molecular formula is C24H20Cl3NO3. The predicted molar refractivity (Wildman–Crippen MR) is 126 cm³/mol. The number of anilines is 1. The normalized spacial score (nSPS) is 10.6. The third-order valence-corrected chi connectivity index (χ3v) is 5.69. The Kier molecular flexibility index (Phi) is 7.60. The molecule has 0 aliphatic rings. The quantitative estimate of drug-likeness (QED) is 0.361. The molecule has 0 bridgehead atoms. The first kappa shape index (κ1) is 23.1. The molecule has 0 aromatic heterocycles. The van der Waals surface area contributed by atoms with Crippen molar-refractivity contribution in [3.8, 4) is 0 Å². The van der Waals surface area contributed by atoms with Crippen LogP contribution < -0.4 is 4.90 Å². The molecule has 3 rings (SSSR count). The second kappa shape index (κ2) is 10.2. The van der Waals surface area contributed by atoms with Gasteiger partial charge in [0.1, 0.15) is 0 Å². The molecule has 0 heterocycles. The monoisotopic (exact) mass is 475 g/mol. The van der Waals surface area contributed by atoms with Crippen molar-refractivity contribution in [1.82, 2.24) is 0 Å². The Labute approximate surface area is 196 Å². The van der Waals surface area contributed by atoms with Crippen LogP contribution in [0.2, 0.25) is 15.1 Å². The fourth-order valence-corrected chi connectivity index (χ4v) is 3.89. The minimum Gasteiger partial charge on any atom is -0.462 e. The van der Waals surface area contributed by atoms with Gasteiger partial charge in [-0.1, -0.05) is 46.9 Å². The van der Waals surface area contributed by atoms with Crippen LogP contribution in [0.25, 0.3) is 0 Å². The molecule has 0 saturated heterocycles. The summed E-state index contributed by atoms with van der Waals surface area (Å²) in [5, 5.41) is 1.25. The van der Waals surface area contributed by atoms with Crippen molar-refractivity contribution >= 4 is 52.4 Å². The van der Waals surface area contributed by atoms with Crippen LogP contribution in [0, 0.1) is 6.92 Å². The molecule has 7 heteroatoms. The van der Waals surface area contributed by atoms with E-state index in [1.807, 2.05) is 13.0 Å². The van der Waals surface area contributed by atoms with Gasteiger partial charge < -0.3 is 9.64 Å². The molecular weight excluding hydrogens is 457 g/mol. The smallest absolute Gasteiger partial charge is 0.338 e. The fourth-order valence-electron chi connectivity index (χ4n) is 3.05. The Hall–Kier alpha value is -2.53. The molecule has 0 saturated carbocycles. The van der Waals surface area contributed by atoms with Crippen molar-refractivity contribution in [3.63, 3.8) is 0 Å². The van der Waals surface area contributed by atoms with E-state index in [0.29, 0.717) is 37.4 Å². The molecule has 3 aromatic rings. The summed E-state index contributed by atoms with van der Waals surface area (Å²) in [6.07, 6.45) is 0. The number of hydrogen-bond donors (Lipinski definition) is 0. The van der Waals surface area contributed by atoms with E-state index in [0.717, 1.165) is 5.56 Å². The summed E-state index contributed by atoms with van der Waals surface area (Å²) in [5.74, 6) is -0.743. The van der Waals surface area contributed by atoms with Crippen molar-refractivity contribution in [2.24, 2.45) is 0 Å². The number of rotatable bonds is 6. The number of carbonyl (C=O) groups is 2. The van der Waals surface area contributed by atoms with Gasteiger partial charge >= 0.3 is 5.97 Å². The summed E-state index contributed by atoms with van der Waals surface area (Å²) in [6, 6.07) is 17.0. The third kappa shape index (κ3) is 5.40. The number of halogens is 3. The minimum absolute atomic E-state index is 0.125. The molecule has 0 N–H and O–H groups in total. The van der Waals surface area contributed by atoms with E-state index < -0.39 is 5.97 Å². The molecule has 0 radical (unpaired) electrons. The second-order valence-corrected chi connectivity index (χ2v) is 8.06. The van der Waals surface area contributed by atoms with Crippen molar-refractivity contribution < 1.29 is 14.3 Å². The van der Waals surface area contributed by atoms with Crippen LogP contribution in [0.15, 0.2) is 60.7 Å². The van der Waals surface area contributed by atoms with Crippen LogP contribution in [0.4, 0.5) is 5.69 Å². The van der Waals surface area contributed by atoms with E-state index >= 15 is 0 Å². The summed E-state index contributed by atoms with van der Waals surface area (Å²) >= 11 is 19.1. The average Bonchev–Trinajstić information content (AvgIpc) is 2.73. The van der Waals surface area contributed by atoms with Gasteiger partial charge in [-0.3, -0.25) is 4.79 Å². The SMILES string of the molecule is CCOC(=O)c1ccc(N(Cc2c(Cl)cccc2Cl)C(=O)c2ccc(C)cc2Cl)cc1. The highest BCUT2D eigenvalue weighted by Crippen LogP contribution is 2.30. The largest absolute Gasteiger partial charge is 0.462 e. The maximum Gasteiger partial charge on any atom is 0.338 e. The molecule has 4 nitrogen and oxygen atoms in total. The van der Waals surface area contributed by atoms with Gasteiger partial charge in [0.2, 0.25) is 0 Å². The van der Waals surface area contributed by atoms with Crippen LogP contribution in [0.1, 0.15) is 38.8 Å². The van der Waals surface area contributed by atoms with E-state index in [9.17, 15) is 9.59 Å². The van der Waals surface area contributed by atoms with Gasteiger partial charge in [0.05, 0.1) is 29.3 Å². The van der Waals surface area contributed by atoms with Gasteiger partial charge in [0.15, 0.2) is 0 Å². The molecule has 0 atom stereocenters. The summed E-state index contributed by atoms with van der Waals surface area (Å²) in [4.78, 5) is 27.0. The highest BCUT2D eigenvalue weighted by atomic mass is 35.5. The topological polar surface area (TPSA) is 46.6 Å². The Morgan fingerprint density at radius 3 is 2.13 bits per heavy atom. The molecule has 0 unspecified atom stereocenters. The van der Waals surface area contributed by atoms with Gasteiger partial charge in [-0.25, -0.2) is 4.79 Å². The van der Waals surface area contributed by atoms with E-state index in [2.05, 4.69) is 0 Å². The van der Waals surface area contributed by atoms with Gasteiger partial charge in [-0.15, -0.1) is 0 Å². The minimum atomic E-state index is -0.428. The fraction of sp³-hybridized carbons (Fsp3) is 0.167. The number of nitrogens with zero attached hydrogens (tertiary/aromatic N) is 1. The van der Waals surface area contributed by atoms with Gasteiger partial charge in [0, 0.05) is 21.3 Å². The number of ether oxygens (including phenoxy) is 1. The van der Waals surface area contributed by atoms with E-state index in [1.165, 1.54) is 4.90 Å². The molecule has 0 spiro atoms. The molecule has 1 amide bonds. The highest BCUT2D eigenvalue weighted by molar-refractivity contribution is 6.36. The number of benzene rings is 3. The predicted octanol–water partition coefficient (Wildman–Crippen LogP) is 6.98. The maximum absolute atomic E-state index is 13.5. The summed E-state index contributed by atoms with van der Waals surface area (Å²) in [6.45, 7) is 4.04. The standard InChI is InChI=1S/C24H20Cl3NO3/c1-3-31-24(30)16-8-10-17(11-9-16)28(14-19-20(25)5-4-6-21(19)26)23(29)18-12-7-15(2)13-22(18)27/h4-13H,3,14H2,1-2H3. The average molecular weight is 477 g/mol. The number of carbonyl (C=O) groups excluding carboxylic acids is 2. The molecule has 0 aliphatic heterocycles. The first-order valence-electron chi connectivity index (χ1n) is 9.60. The van der Waals surface area contributed by atoms with Crippen LogP contribution in [-0.4, -0.2) is 18.5 Å². The highest BCUT2D eigenvalue weighted by Gasteiger charge is 2.23. The number of amides is 1. The van der Waals surface area contributed by atoms with Gasteiger partial charge in [0.25, 0.3) is 5.91 Å². The lowest BCUT2D eigenvalue weighted by atomic mass is 10.1. The summed E-state index contributed by atoms with van der Waals surface area (Å²) < 4.78 is 5.03. The Bertz CT molecular complexity index is 1090. The second-order valence-electron chi connectivity index (χ2n) is 6.84. The first-order chi connectivity index (χ1) is 14.8. The zero-order valence-electron chi connectivity index (χ0n) is 17.0. The van der Waals surface area contributed by atoms with Crippen molar-refractivity contribution in [1.29, 1.82) is 0 Å². The Morgan fingerprint density at radius 2 is 1.55 bits per heavy atom.